The fourth-order valence-corrected chi connectivity index (χ4v) is 5.67. The maximum Gasteiger partial charge on any atom is 0.379 e. The Hall–Kier alpha value is -2.56. The lowest BCUT2D eigenvalue weighted by molar-refractivity contribution is 0.343. The Morgan fingerprint density at radius 3 is 2.68 bits per heavy atom. The van der Waals surface area contributed by atoms with Crippen molar-refractivity contribution in [2.45, 2.75) is 37.8 Å². The molecular formula is C21H22N3O3P. The molecule has 1 aliphatic carbocycles. The van der Waals surface area contributed by atoms with Gasteiger partial charge in [0.05, 0.1) is 16.9 Å². The van der Waals surface area contributed by atoms with Gasteiger partial charge in [0, 0.05) is 16.3 Å². The van der Waals surface area contributed by atoms with Gasteiger partial charge < -0.3 is 14.4 Å². The minimum absolute atomic E-state index is 0.269. The molecule has 2 aromatic heterocycles. The lowest BCUT2D eigenvalue weighted by Crippen LogP contribution is -2.15. The standard InChI is InChI=1S/C21H22N3O3P/c25-28(26,16-7-2-1-3-8-16)27-15-10-11-19-17(13-15)21(24-23-19)20-12-14-6-4-5-9-18(14)22-20/h4-6,9-13,16,22H,1-3,7-8H2,(H,23,24)(H,25,26). The molecule has 1 atom stereocenters. The Labute approximate surface area is 162 Å². The zero-order valence-corrected chi connectivity index (χ0v) is 16.3. The van der Waals surface area contributed by atoms with Crippen LogP contribution in [0.25, 0.3) is 33.2 Å². The van der Waals surface area contributed by atoms with Gasteiger partial charge in [0.2, 0.25) is 0 Å². The molecule has 0 radical (unpaired) electrons. The summed E-state index contributed by atoms with van der Waals surface area (Å²) >= 11 is 0. The highest BCUT2D eigenvalue weighted by molar-refractivity contribution is 7.54. The second-order valence-electron chi connectivity index (χ2n) is 7.50. The van der Waals surface area contributed by atoms with Crippen LogP contribution in [0.1, 0.15) is 32.1 Å². The summed E-state index contributed by atoms with van der Waals surface area (Å²) in [6, 6.07) is 15.5. The number of para-hydroxylation sites is 1. The van der Waals surface area contributed by atoms with Gasteiger partial charge in [-0.25, -0.2) is 4.57 Å². The molecule has 2 aromatic carbocycles. The van der Waals surface area contributed by atoms with Gasteiger partial charge in [-0.15, -0.1) is 0 Å². The van der Waals surface area contributed by atoms with Gasteiger partial charge in [-0.1, -0.05) is 37.5 Å². The molecule has 1 unspecified atom stereocenters. The molecule has 7 heteroatoms. The number of nitrogens with one attached hydrogen (secondary N) is 2. The topological polar surface area (TPSA) is 91.0 Å². The Balaban J connectivity index is 1.50. The van der Waals surface area contributed by atoms with Crippen molar-refractivity contribution in [2.75, 3.05) is 0 Å². The first-order valence-electron chi connectivity index (χ1n) is 9.68. The smallest absolute Gasteiger partial charge is 0.379 e. The van der Waals surface area contributed by atoms with Crippen LogP contribution in [0.2, 0.25) is 0 Å². The first-order valence-corrected chi connectivity index (χ1v) is 11.3. The van der Waals surface area contributed by atoms with E-state index in [4.69, 9.17) is 4.52 Å². The van der Waals surface area contributed by atoms with Crippen LogP contribution in [-0.4, -0.2) is 25.7 Å². The number of hydrogen-bond donors (Lipinski definition) is 3. The van der Waals surface area contributed by atoms with E-state index in [1.54, 1.807) is 12.1 Å². The molecule has 1 fully saturated rings. The van der Waals surface area contributed by atoms with Crippen molar-refractivity contribution in [1.29, 1.82) is 0 Å². The monoisotopic (exact) mass is 395 g/mol. The lowest BCUT2D eigenvalue weighted by Gasteiger charge is -2.26. The van der Waals surface area contributed by atoms with E-state index in [-0.39, 0.29) is 5.66 Å². The summed E-state index contributed by atoms with van der Waals surface area (Å²) in [5.41, 5.74) is 3.28. The van der Waals surface area contributed by atoms with Crippen LogP contribution >= 0.6 is 7.60 Å². The van der Waals surface area contributed by atoms with E-state index in [0.29, 0.717) is 5.75 Å². The second kappa shape index (κ2) is 6.80. The van der Waals surface area contributed by atoms with Crippen molar-refractivity contribution in [3.8, 4) is 17.1 Å². The highest BCUT2D eigenvalue weighted by Gasteiger charge is 2.34. The van der Waals surface area contributed by atoms with Gasteiger partial charge in [0.1, 0.15) is 11.4 Å². The highest BCUT2D eigenvalue weighted by Crippen LogP contribution is 2.53. The molecule has 1 saturated carbocycles. The van der Waals surface area contributed by atoms with Gasteiger partial charge in [-0.2, -0.15) is 5.10 Å². The van der Waals surface area contributed by atoms with Gasteiger partial charge in [-0.3, -0.25) is 5.10 Å². The summed E-state index contributed by atoms with van der Waals surface area (Å²) in [6.45, 7) is 0. The molecular weight excluding hydrogens is 373 g/mol. The van der Waals surface area contributed by atoms with E-state index < -0.39 is 7.60 Å². The van der Waals surface area contributed by atoms with Crippen LogP contribution in [0, 0.1) is 0 Å². The first kappa shape index (κ1) is 17.5. The number of rotatable bonds is 4. The molecule has 6 nitrogen and oxygen atoms in total. The van der Waals surface area contributed by atoms with Crippen LogP contribution in [-0.2, 0) is 4.57 Å². The quantitative estimate of drug-likeness (QED) is 0.392. The predicted molar refractivity (Wildman–Crippen MR) is 111 cm³/mol. The van der Waals surface area contributed by atoms with E-state index >= 15 is 0 Å². The fourth-order valence-electron chi connectivity index (χ4n) is 4.09. The van der Waals surface area contributed by atoms with Gasteiger partial charge >= 0.3 is 7.60 Å². The average Bonchev–Trinajstić information content (AvgIpc) is 3.31. The number of benzene rings is 2. The molecule has 0 bridgehead atoms. The van der Waals surface area contributed by atoms with E-state index in [1.165, 1.54) is 0 Å². The van der Waals surface area contributed by atoms with Crippen molar-refractivity contribution in [3.63, 3.8) is 0 Å². The Bertz CT molecular complexity index is 1160. The van der Waals surface area contributed by atoms with Crippen LogP contribution in [0.3, 0.4) is 0 Å². The van der Waals surface area contributed by atoms with E-state index in [2.05, 4.69) is 21.2 Å². The third-order valence-electron chi connectivity index (χ3n) is 5.59. The molecule has 28 heavy (non-hydrogen) atoms. The molecule has 0 spiro atoms. The fraction of sp³-hybridized carbons (Fsp3) is 0.286. The molecule has 4 aromatic rings. The summed E-state index contributed by atoms with van der Waals surface area (Å²) in [7, 11) is -3.70. The molecule has 0 amide bonds. The number of aromatic amines is 2. The summed E-state index contributed by atoms with van der Waals surface area (Å²) in [6.07, 6.45) is 4.61. The summed E-state index contributed by atoms with van der Waals surface area (Å²) in [5.74, 6) is 0.405. The largest absolute Gasteiger partial charge is 0.424 e. The van der Waals surface area contributed by atoms with Gasteiger partial charge in [0.25, 0.3) is 0 Å². The number of hydrogen-bond acceptors (Lipinski definition) is 3. The minimum atomic E-state index is -3.70. The van der Waals surface area contributed by atoms with Crippen molar-refractivity contribution in [3.05, 3.63) is 48.5 Å². The maximum atomic E-state index is 12.8. The first-order chi connectivity index (χ1) is 13.6. The normalized spacial score (nSPS) is 17.8. The summed E-state index contributed by atoms with van der Waals surface area (Å²) < 4.78 is 18.4. The molecule has 0 aliphatic heterocycles. The molecule has 2 heterocycles. The maximum absolute atomic E-state index is 12.8. The predicted octanol–water partition coefficient (Wildman–Crippen LogP) is 5.61. The molecule has 3 N–H and O–H groups in total. The zero-order chi connectivity index (χ0) is 19.1. The number of nitrogens with zero attached hydrogens (tertiary/aromatic N) is 1. The minimum Gasteiger partial charge on any atom is -0.424 e. The third kappa shape index (κ3) is 3.13. The summed E-state index contributed by atoms with van der Waals surface area (Å²) in [4.78, 5) is 13.9. The molecule has 144 valence electrons. The van der Waals surface area contributed by atoms with Crippen LogP contribution < -0.4 is 4.52 Å². The Morgan fingerprint density at radius 2 is 1.86 bits per heavy atom. The van der Waals surface area contributed by atoms with E-state index in [9.17, 15) is 9.46 Å². The van der Waals surface area contributed by atoms with Gasteiger partial charge in [-0.05, 0) is 43.2 Å². The molecule has 1 aliphatic rings. The van der Waals surface area contributed by atoms with Crippen LogP contribution in [0.4, 0.5) is 0 Å². The van der Waals surface area contributed by atoms with Crippen LogP contribution in [0.15, 0.2) is 48.5 Å². The van der Waals surface area contributed by atoms with Crippen molar-refractivity contribution in [2.24, 2.45) is 0 Å². The Kier molecular flexibility index (Phi) is 4.26. The number of fused-ring (bicyclic) bond motifs is 2. The van der Waals surface area contributed by atoms with Gasteiger partial charge in [0.15, 0.2) is 0 Å². The summed E-state index contributed by atoms with van der Waals surface area (Å²) in [5, 5.41) is 9.44. The third-order valence-corrected chi connectivity index (χ3v) is 7.50. The number of aromatic nitrogens is 3. The Morgan fingerprint density at radius 1 is 1.04 bits per heavy atom. The molecule has 0 saturated heterocycles. The lowest BCUT2D eigenvalue weighted by atomic mass is 10.0. The zero-order valence-electron chi connectivity index (χ0n) is 15.4. The van der Waals surface area contributed by atoms with Crippen molar-refractivity contribution < 1.29 is 14.0 Å². The average molecular weight is 395 g/mol. The highest BCUT2D eigenvalue weighted by atomic mass is 31.2. The van der Waals surface area contributed by atoms with E-state index in [0.717, 1.165) is 65.3 Å². The SMILES string of the molecule is O=P(O)(Oc1ccc2[nH]nc(-c3cc4ccccc4[nH]3)c2c1)C1CCCCC1. The number of H-pyrrole nitrogens is 2. The van der Waals surface area contributed by atoms with Crippen LogP contribution in [0.5, 0.6) is 5.75 Å². The van der Waals surface area contributed by atoms with E-state index in [1.807, 2.05) is 30.3 Å². The van der Waals surface area contributed by atoms with Crippen molar-refractivity contribution >= 4 is 29.4 Å². The second-order valence-corrected chi connectivity index (χ2v) is 9.54. The van der Waals surface area contributed by atoms with Crippen molar-refractivity contribution in [1.82, 2.24) is 15.2 Å². The molecule has 5 rings (SSSR count).